The first-order valence-corrected chi connectivity index (χ1v) is 6.88. The molecule has 3 nitrogen and oxygen atoms in total. The topological polar surface area (TPSA) is 26.7 Å². The highest BCUT2D eigenvalue weighted by atomic mass is 35.5. The van der Waals surface area contributed by atoms with Gasteiger partial charge in [-0.3, -0.25) is 9.80 Å². The van der Waals surface area contributed by atoms with Crippen molar-refractivity contribution in [2.45, 2.75) is 19.6 Å². The number of nitrogens with zero attached hydrogens (tertiary/aromatic N) is 2. The minimum absolute atomic E-state index is 0.232. The number of aliphatic hydroxyl groups is 1. The van der Waals surface area contributed by atoms with E-state index in [-0.39, 0.29) is 6.10 Å². The lowest BCUT2D eigenvalue weighted by Crippen LogP contribution is -2.47. The molecule has 0 saturated carbocycles. The van der Waals surface area contributed by atoms with Gasteiger partial charge in [0.15, 0.2) is 0 Å². The first kappa shape index (κ1) is 13.8. The molecule has 18 heavy (non-hydrogen) atoms. The van der Waals surface area contributed by atoms with E-state index in [9.17, 15) is 5.11 Å². The fourth-order valence-corrected chi connectivity index (χ4v) is 2.61. The highest BCUT2D eigenvalue weighted by Crippen LogP contribution is 2.14. The molecular weight excluding hydrogens is 248 g/mol. The molecule has 4 heteroatoms. The van der Waals surface area contributed by atoms with Crippen LogP contribution in [0.15, 0.2) is 24.3 Å². The van der Waals surface area contributed by atoms with Crippen LogP contribution in [-0.2, 0) is 6.54 Å². The summed E-state index contributed by atoms with van der Waals surface area (Å²) in [6.07, 6.45) is -0.232. The van der Waals surface area contributed by atoms with Crippen molar-refractivity contribution in [1.29, 1.82) is 0 Å². The molecule has 1 aromatic rings. The quantitative estimate of drug-likeness (QED) is 0.903. The zero-order valence-corrected chi connectivity index (χ0v) is 11.6. The molecule has 1 unspecified atom stereocenters. The summed E-state index contributed by atoms with van der Waals surface area (Å²) in [5.74, 6) is 0. The van der Waals surface area contributed by atoms with Gasteiger partial charge in [0.25, 0.3) is 0 Å². The molecule has 0 radical (unpaired) electrons. The van der Waals surface area contributed by atoms with Crippen LogP contribution in [0.2, 0.25) is 5.02 Å². The van der Waals surface area contributed by atoms with Gasteiger partial charge in [0, 0.05) is 44.3 Å². The van der Waals surface area contributed by atoms with Crippen LogP contribution < -0.4 is 0 Å². The summed E-state index contributed by atoms with van der Waals surface area (Å²) in [7, 11) is 0. The maximum Gasteiger partial charge on any atom is 0.0639 e. The molecule has 1 fully saturated rings. The Labute approximate surface area is 114 Å². The zero-order valence-electron chi connectivity index (χ0n) is 10.8. The van der Waals surface area contributed by atoms with Crippen LogP contribution in [0.4, 0.5) is 0 Å². The minimum atomic E-state index is -0.232. The molecule has 0 spiro atoms. The van der Waals surface area contributed by atoms with Crippen molar-refractivity contribution in [3.05, 3.63) is 34.9 Å². The van der Waals surface area contributed by atoms with Gasteiger partial charge in [0.1, 0.15) is 0 Å². The molecule has 0 amide bonds. The van der Waals surface area contributed by atoms with Gasteiger partial charge in [0.05, 0.1) is 6.10 Å². The van der Waals surface area contributed by atoms with Gasteiger partial charge < -0.3 is 5.11 Å². The molecule has 0 bridgehead atoms. The largest absolute Gasteiger partial charge is 0.392 e. The van der Waals surface area contributed by atoms with E-state index in [1.54, 1.807) is 0 Å². The van der Waals surface area contributed by atoms with Crippen LogP contribution in [0.1, 0.15) is 12.5 Å². The average Bonchev–Trinajstić information content (AvgIpc) is 2.31. The summed E-state index contributed by atoms with van der Waals surface area (Å²) >= 11 is 5.99. The second kappa shape index (κ2) is 6.53. The normalized spacial score (nSPS) is 19.9. The molecule has 1 heterocycles. The lowest BCUT2D eigenvalue weighted by Gasteiger charge is -2.35. The second-order valence-corrected chi connectivity index (χ2v) is 5.49. The van der Waals surface area contributed by atoms with E-state index in [0.717, 1.165) is 44.3 Å². The van der Waals surface area contributed by atoms with Gasteiger partial charge in [-0.1, -0.05) is 23.7 Å². The van der Waals surface area contributed by atoms with Crippen molar-refractivity contribution in [3.63, 3.8) is 0 Å². The molecule has 1 aromatic carbocycles. The van der Waals surface area contributed by atoms with Crippen LogP contribution >= 0.6 is 11.6 Å². The Bertz CT molecular complexity index is 376. The number of hydrogen-bond acceptors (Lipinski definition) is 3. The Morgan fingerprint density at radius 3 is 2.50 bits per heavy atom. The minimum Gasteiger partial charge on any atom is -0.392 e. The van der Waals surface area contributed by atoms with Crippen LogP contribution in [0.5, 0.6) is 0 Å². The highest BCUT2D eigenvalue weighted by molar-refractivity contribution is 6.30. The summed E-state index contributed by atoms with van der Waals surface area (Å²) in [6.45, 7) is 7.77. The number of β-amino-alcohol motifs (C(OH)–C–C–N with tert-alkyl or cyclic N) is 1. The van der Waals surface area contributed by atoms with Crippen molar-refractivity contribution in [3.8, 4) is 0 Å². The summed E-state index contributed by atoms with van der Waals surface area (Å²) in [5, 5.41) is 10.2. The van der Waals surface area contributed by atoms with Gasteiger partial charge in [0.2, 0.25) is 0 Å². The van der Waals surface area contributed by atoms with Gasteiger partial charge in [-0.25, -0.2) is 0 Å². The summed E-state index contributed by atoms with van der Waals surface area (Å²) in [5.41, 5.74) is 1.27. The van der Waals surface area contributed by atoms with Crippen molar-refractivity contribution >= 4 is 11.6 Å². The van der Waals surface area contributed by atoms with E-state index in [2.05, 4.69) is 15.9 Å². The molecule has 0 aliphatic carbocycles. The molecule has 1 aliphatic heterocycles. The molecular formula is C14H21ClN2O. The Balaban J connectivity index is 1.80. The summed E-state index contributed by atoms with van der Waals surface area (Å²) < 4.78 is 0. The average molecular weight is 269 g/mol. The molecule has 1 N–H and O–H groups in total. The van der Waals surface area contributed by atoms with E-state index in [0.29, 0.717) is 0 Å². The predicted molar refractivity (Wildman–Crippen MR) is 74.8 cm³/mol. The molecule has 1 saturated heterocycles. The molecule has 0 aromatic heterocycles. The van der Waals surface area contributed by atoms with Crippen molar-refractivity contribution in [2.24, 2.45) is 0 Å². The van der Waals surface area contributed by atoms with Gasteiger partial charge in [-0.05, 0) is 24.6 Å². The number of aliphatic hydroxyl groups excluding tert-OH is 1. The van der Waals surface area contributed by atoms with Crippen molar-refractivity contribution in [2.75, 3.05) is 32.7 Å². The third-order valence-electron chi connectivity index (χ3n) is 3.28. The first-order valence-electron chi connectivity index (χ1n) is 6.51. The summed E-state index contributed by atoms with van der Waals surface area (Å²) in [6, 6.07) is 8.06. The smallest absolute Gasteiger partial charge is 0.0639 e. The number of piperazine rings is 1. The highest BCUT2D eigenvalue weighted by Gasteiger charge is 2.17. The van der Waals surface area contributed by atoms with Crippen LogP contribution in [0.3, 0.4) is 0 Å². The molecule has 2 rings (SSSR count). The fraction of sp³-hybridized carbons (Fsp3) is 0.571. The number of hydrogen-bond donors (Lipinski definition) is 1. The Morgan fingerprint density at radius 2 is 1.89 bits per heavy atom. The second-order valence-electron chi connectivity index (χ2n) is 5.06. The lowest BCUT2D eigenvalue weighted by atomic mass is 10.2. The number of benzene rings is 1. The standard InChI is InChI=1S/C14H21ClN2O/c1-12(18)10-16-5-7-17(8-6-16)11-13-3-2-4-14(15)9-13/h2-4,9,12,18H,5-8,10-11H2,1H3. The maximum atomic E-state index is 9.37. The van der Waals surface area contributed by atoms with E-state index in [4.69, 9.17) is 11.6 Å². The van der Waals surface area contributed by atoms with E-state index in [1.807, 2.05) is 25.1 Å². The molecule has 100 valence electrons. The van der Waals surface area contributed by atoms with Crippen molar-refractivity contribution < 1.29 is 5.11 Å². The molecule has 1 atom stereocenters. The monoisotopic (exact) mass is 268 g/mol. The zero-order chi connectivity index (χ0) is 13.0. The Kier molecular flexibility index (Phi) is 5.01. The molecule has 1 aliphatic rings. The van der Waals surface area contributed by atoms with Crippen molar-refractivity contribution in [1.82, 2.24) is 9.80 Å². The summed E-state index contributed by atoms with van der Waals surface area (Å²) in [4.78, 5) is 4.75. The van der Waals surface area contributed by atoms with E-state index in [1.165, 1.54) is 5.56 Å². The Morgan fingerprint density at radius 1 is 1.22 bits per heavy atom. The third-order valence-corrected chi connectivity index (χ3v) is 3.52. The lowest BCUT2D eigenvalue weighted by molar-refractivity contribution is 0.0781. The third kappa shape index (κ3) is 4.25. The van der Waals surface area contributed by atoms with Gasteiger partial charge in [-0.2, -0.15) is 0 Å². The maximum absolute atomic E-state index is 9.37. The fourth-order valence-electron chi connectivity index (χ4n) is 2.40. The predicted octanol–water partition coefficient (Wildman–Crippen LogP) is 1.84. The SMILES string of the molecule is CC(O)CN1CCN(Cc2cccc(Cl)c2)CC1. The van der Waals surface area contributed by atoms with E-state index >= 15 is 0 Å². The number of halogens is 1. The van der Waals surface area contributed by atoms with Crippen LogP contribution in [0.25, 0.3) is 0 Å². The Hall–Kier alpha value is -0.610. The van der Waals surface area contributed by atoms with Crippen LogP contribution in [-0.4, -0.2) is 53.7 Å². The first-order chi connectivity index (χ1) is 8.63. The van der Waals surface area contributed by atoms with Crippen LogP contribution in [0, 0.1) is 0 Å². The van der Waals surface area contributed by atoms with Gasteiger partial charge >= 0.3 is 0 Å². The number of rotatable bonds is 4. The van der Waals surface area contributed by atoms with Gasteiger partial charge in [-0.15, -0.1) is 0 Å². The van der Waals surface area contributed by atoms with E-state index < -0.39 is 0 Å².